The van der Waals surface area contributed by atoms with Gasteiger partial charge in [0.05, 0.1) is 16.7 Å². The predicted molar refractivity (Wildman–Crippen MR) is 73.6 cm³/mol. The largest absolute Gasteiger partial charge is 0.434 e. The van der Waals surface area contributed by atoms with E-state index in [0.29, 0.717) is 5.89 Å². The molecule has 4 heteroatoms. The van der Waals surface area contributed by atoms with Crippen LogP contribution in [-0.2, 0) is 13.5 Å². The van der Waals surface area contributed by atoms with Gasteiger partial charge in [0.1, 0.15) is 0 Å². The maximum absolute atomic E-state index is 5.82. The van der Waals surface area contributed by atoms with E-state index < -0.39 is 0 Å². The highest BCUT2D eigenvalue weighted by atomic mass is 16.4. The molecule has 0 atom stereocenters. The summed E-state index contributed by atoms with van der Waals surface area (Å²) in [5.74, 6) is 2.26. The Labute approximate surface area is 110 Å². The Bertz CT molecular complexity index is 795. The molecule has 0 saturated heterocycles. The third-order valence-electron chi connectivity index (χ3n) is 3.52. The summed E-state index contributed by atoms with van der Waals surface area (Å²) in [6, 6.07) is 8.05. The van der Waals surface area contributed by atoms with Crippen molar-refractivity contribution in [2.45, 2.75) is 12.8 Å². The Morgan fingerprint density at radius 1 is 1.21 bits per heavy atom. The average molecular weight is 251 g/mol. The predicted octanol–water partition coefficient (Wildman–Crippen LogP) is 3.19. The number of hydrogen-bond acceptors (Lipinski definition) is 3. The van der Waals surface area contributed by atoms with Gasteiger partial charge in [-0.3, -0.25) is 0 Å². The van der Waals surface area contributed by atoms with Crippen LogP contribution in [0, 0.1) is 0 Å². The van der Waals surface area contributed by atoms with E-state index in [-0.39, 0.29) is 0 Å². The molecule has 0 fully saturated rings. The monoisotopic (exact) mass is 251 g/mol. The van der Waals surface area contributed by atoms with E-state index in [0.717, 1.165) is 41.2 Å². The van der Waals surface area contributed by atoms with Crippen LogP contribution in [0.2, 0.25) is 0 Å². The van der Waals surface area contributed by atoms with Crippen LogP contribution in [0.15, 0.2) is 34.8 Å². The Kier molecular flexibility index (Phi) is 2.12. The van der Waals surface area contributed by atoms with Crippen molar-refractivity contribution in [1.82, 2.24) is 14.5 Å². The summed E-state index contributed by atoms with van der Waals surface area (Å²) in [7, 11) is 1.99. The Balaban J connectivity index is 1.92. The summed E-state index contributed by atoms with van der Waals surface area (Å²) in [5.41, 5.74) is 3.08. The van der Waals surface area contributed by atoms with Gasteiger partial charge in [-0.2, -0.15) is 0 Å². The second kappa shape index (κ2) is 3.82. The quantitative estimate of drug-likeness (QED) is 0.667. The smallest absolute Gasteiger partial charge is 0.263 e. The number of para-hydroxylation sites is 2. The van der Waals surface area contributed by atoms with Crippen LogP contribution in [0.4, 0.5) is 0 Å². The molecule has 0 amide bonds. The number of aromatic nitrogens is 3. The van der Waals surface area contributed by atoms with E-state index in [9.17, 15) is 0 Å². The molecular weight excluding hydrogens is 238 g/mol. The summed E-state index contributed by atoms with van der Waals surface area (Å²) in [6.45, 7) is 0. The van der Waals surface area contributed by atoms with E-state index in [1.165, 1.54) is 0 Å². The fraction of sp³-hybridized carbons (Fsp3) is 0.200. The van der Waals surface area contributed by atoms with Crippen LogP contribution >= 0.6 is 0 Å². The molecule has 0 saturated carbocycles. The number of nitrogens with zero attached hydrogens (tertiary/aromatic N) is 3. The molecule has 2 aromatic heterocycles. The number of benzene rings is 1. The van der Waals surface area contributed by atoms with Crippen molar-refractivity contribution >= 4 is 17.1 Å². The van der Waals surface area contributed by atoms with Crippen molar-refractivity contribution in [2.24, 2.45) is 7.05 Å². The number of fused-ring (bicyclic) bond motifs is 2. The molecule has 0 bridgehead atoms. The standard InChI is InChI=1S/C15H13N3O/c1-18-12-8-4-2-6-10(12)16-14(18)15-17-11-7-3-5-9-13(11)19-15/h2,4-6,8-9H,3,7H2,1H3. The summed E-state index contributed by atoms with van der Waals surface area (Å²) in [6.07, 6.45) is 6.09. The van der Waals surface area contributed by atoms with E-state index in [2.05, 4.69) is 22.1 Å². The molecule has 2 heterocycles. The lowest BCUT2D eigenvalue weighted by molar-refractivity contribution is 0.553. The highest BCUT2D eigenvalue weighted by molar-refractivity contribution is 5.79. The maximum Gasteiger partial charge on any atom is 0.263 e. The van der Waals surface area contributed by atoms with Crippen LogP contribution in [0.3, 0.4) is 0 Å². The van der Waals surface area contributed by atoms with Gasteiger partial charge < -0.3 is 8.98 Å². The molecule has 0 N–H and O–H groups in total. The third kappa shape index (κ3) is 1.53. The highest BCUT2D eigenvalue weighted by Crippen LogP contribution is 2.27. The van der Waals surface area contributed by atoms with E-state index in [4.69, 9.17) is 4.42 Å². The molecule has 4 rings (SSSR count). The molecule has 3 aromatic rings. The molecule has 94 valence electrons. The molecule has 0 unspecified atom stereocenters. The van der Waals surface area contributed by atoms with E-state index >= 15 is 0 Å². The van der Waals surface area contributed by atoms with Crippen molar-refractivity contribution in [2.75, 3.05) is 0 Å². The maximum atomic E-state index is 5.82. The molecule has 0 spiro atoms. The van der Waals surface area contributed by atoms with Crippen molar-refractivity contribution in [3.8, 4) is 11.7 Å². The van der Waals surface area contributed by atoms with Crippen LogP contribution in [0.1, 0.15) is 17.9 Å². The van der Waals surface area contributed by atoms with Crippen molar-refractivity contribution in [1.29, 1.82) is 0 Å². The van der Waals surface area contributed by atoms with Gasteiger partial charge in [0.25, 0.3) is 5.89 Å². The summed E-state index contributed by atoms with van der Waals surface area (Å²) >= 11 is 0. The third-order valence-corrected chi connectivity index (χ3v) is 3.52. The van der Waals surface area contributed by atoms with Gasteiger partial charge in [0.2, 0.25) is 0 Å². The van der Waals surface area contributed by atoms with E-state index in [1.807, 2.05) is 35.9 Å². The zero-order valence-electron chi connectivity index (χ0n) is 10.6. The molecule has 19 heavy (non-hydrogen) atoms. The fourth-order valence-electron chi connectivity index (χ4n) is 2.52. The Hall–Kier alpha value is -2.36. The molecule has 1 aliphatic rings. The number of imidazole rings is 1. The first-order valence-electron chi connectivity index (χ1n) is 6.41. The number of allylic oxidation sites excluding steroid dienone is 1. The zero-order chi connectivity index (χ0) is 12.8. The number of aryl methyl sites for hydroxylation is 2. The highest BCUT2D eigenvalue weighted by Gasteiger charge is 2.19. The first-order chi connectivity index (χ1) is 9.33. The van der Waals surface area contributed by atoms with Gasteiger partial charge in [0.15, 0.2) is 11.6 Å². The Morgan fingerprint density at radius 2 is 2.11 bits per heavy atom. The normalized spacial score (nSPS) is 13.9. The number of hydrogen-bond donors (Lipinski definition) is 0. The second-order valence-electron chi connectivity index (χ2n) is 4.75. The van der Waals surface area contributed by atoms with Crippen molar-refractivity contribution in [3.63, 3.8) is 0 Å². The topological polar surface area (TPSA) is 43.9 Å². The number of oxazole rings is 1. The molecule has 0 aliphatic heterocycles. The molecule has 4 nitrogen and oxygen atoms in total. The van der Waals surface area contributed by atoms with E-state index in [1.54, 1.807) is 0 Å². The van der Waals surface area contributed by atoms with Gasteiger partial charge >= 0.3 is 0 Å². The van der Waals surface area contributed by atoms with Crippen LogP contribution in [-0.4, -0.2) is 14.5 Å². The second-order valence-corrected chi connectivity index (χ2v) is 4.75. The van der Waals surface area contributed by atoms with Gasteiger partial charge in [-0.05, 0) is 31.1 Å². The lowest BCUT2D eigenvalue weighted by atomic mass is 10.1. The lowest BCUT2D eigenvalue weighted by Gasteiger charge is -1.97. The number of rotatable bonds is 1. The van der Waals surface area contributed by atoms with Crippen LogP contribution in [0.25, 0.3) is 28.8 Å². The fourth-order valence-corrected chi connectivity index (χ4v) is 2.52. The van der Waals surface area contributed by atoms with Gasteiger partial charge in [-0.1, -0.05) is 18.2 Å². The van der Waals surface area contributed by atoms with Crippen molar-refractivity contribution < 1.29 is 4.42 Å². The van der Waals surface area contributed by atoms with Gasteiger partial charge in [0, 0.05) is 7.05 Å². The average Bonchev–Trinajstić information content (AvgIpc) is 3.00. The first kappa shape index (κ1) is 10.6. The lowest BCUT2D eigenvalue weighted by Crippen LogP contribution is -1.93. The first-order valence-corrected chi connectivity index (χ1v) is 6.41. The van der Waals surface area contributed by atoms with Gasteiger partial charge in [-0.15, -0.1) is 0 Å². The summed E-state index contributed by atoms with van der Waals surface area (Å²) in [4.78, 5) is 9.18. The van der Waals surface area contributed by atoms with Crippen LogP contribution < -0.4 is 0 Å². The minimum atomic E-state index is 0.607. The summed E-state index contributed by atoms with van der Waals surface area (Å²) in [5, 5.41) is 0. The van der Waals surface area contributed by atoms with Crippen molar-refractivity contribution in [3.05, 3.63) is 41.8 Å². The molecular formula is C15H13N3O. The molecule has 0 radical (unpaired) electrons. The van der Waals surface area contributed by atoms with Crippen LogP contribution in [0.5, 0.6) is 0 Å². The SMILES string of the molecule is Cn1c(-c2nc3c(o2)C=CCC3)nc2ccccc21. The molecule has 1 aromatic carbocycles. The Morgan fingerprint density at radius 3 is 2.95 bits per heavy atom. The zero-order valence-corrected chi connectivity index (χ0v) is 10.6. The summed E-state index contributed by atoms with van der Waals surface area (Å²) < 4.78 is 7.85. The minimum Gasteiger partial charge on any atom is -0.434 e. The van der Waals surface area contributed by atoms with Gasteiger partial charge in [-0.25, -0.2) is 9.97 Å². The minimum absolute atomic E-state index is 0.607. The molecule has 1 aliphatic carbocycles.